The molecule has 0 aromatic heterocycles. The van der Waals surface area contributed by atoms with Gasteiger partial charge >= 0.3 is 0 Å². The lowest BCUT2D eigenvalue weighted by Crippen LogP contribution is -2.43. The normalized spacial score (nSPS) is 19.6. The number of amides is 2. The fraction of sp³-hybridized carbons (Fsp3) is 0.308. The highest BCUT2D eigenvalue weighted by atomic mass is 32.1. The van der Waals surface area contributed by atoms with Crippen LogP contribution in [-0.2, 0) is 9.59 Å². The van der Waals surface area contributed by atoms with E-state index in [0.717, 1.165) is 5.56 Å². The van der Waals surface area contributed by atoms with E-state index in [1.165, 1.54) is 0 Å². The van der Waals surface area contributed by atoms with Crippen molar-refractivity contribution in [3.05, 3.63) is 23.8 Å². The molecule has 1 unspecified atom stereocenters. The molecule has 0 aliphatic carbocycles. The van der Waals surface area contributed by atoms with Crippen LogP contribution in [0.3, 0.4) is 0 Å². The minimum atomic E-state index is -0.517. The molecule has 1 atom stereocenters. The van der Waals surface area contributed by atoms with Crippen LogP contribution in [0, 0.1) is 0 Å². The molecular weight excluding hydrogens is 264 g/mol. The molecule has 100 valence electrons. The summed E-state index contributed by atoms with van der Waals surface area (Å²) in [6.07, 6.45) is 2.34. The summed E-state index contributed by atoms with van der Waals surface area (Å²) in [6.45, 7) is 0. The van der Waals surface area contributed by atoms with Crippen LogP contribution in [0.15, 0.2) is 28.1 Å². The fourth-order valence-electron chi connectivity index (χ4n) is 1.80. The van der Waals surface area contributed by atoms with Crippen molar-refractivity contribution in [3.8, 4) is 5.75 Å². The highest BCUT2D eigenvalue weighted by Crippen LogP contribution is 2.24. The van der Waals surface area contributed by atoms with E-state index in [4.69, 9.17) is 4.74 Å². The first-order valence-corrected chi connectivity index (χ1v) is 6.29. The monoisotopic (exact) mass is 278 g/mol. The molecule has 1 heterocycles. The number of benzene rings is 1. The minimum Gasteiger partial charge on any atom is -0.496 e. The van der Waals surface area contributed by atoms with Gasteiger partial charge in [-0.1, -0.05) is 12.1 Å². The van der Waals surface area contributed by atoms with Gasteiger partial charge in [0.05, 0.1) is 12.0 Å². The summed E-state index contributed by atoms with van der Waals surface area (Å²) in [7, 11) is 1.57. The third-order valence-corrected chi connectivity index (χ3v) is 3.33. The zero-order valence-corrected chi connectivity index (χ0v) is 11.3. The van der Waals surface area contributed by atoms with Gasteiger partial charge in [0.1, 0.15) is 11.8 Å². The van der Waals surface area contributed by atoms with E-state index < -0.39 is 6.04 Å². The van der Waals surface area contributed by atoms with Gasteiger partial charge in [-0.15, -0.1) is 12.6 Å². The van der Waals surface area contributed by atoms with E-state index in [1.807, 2.05) is 12.1 Å². The number of hydrogen-bond donors (Lipinski definition) is 2. The van der Waals surface area contributed by atoms with Crippen LogP contribution in [-0.4, -0.2) is 31.2 Å². The van der Waals surface area contributed by atoms with Crippen molar-refractivity contribution in [2.24, 2.45) is 4.99 Å². The highest BCUT2D eigenvalue weighted by Gasteiger charge is 2.25. The molecule has 0 spiro atoms. The van der Waals surface area contributed by atoms with E-state index in [9.17, 15) is 9.59 Å². The molecule has 0 bridgehead atoms. The predicted octanol–water partition coefficient (Wildman–Crippen LogP) is 1.21. The Morgan fingerprint density at radius 2 is 2.26 bits per heavy atom. The Hall–Kier alpha value is -1.82. The third-order valence-electron chi connectivity index (χ3n) is 2.85. The van der Waals surface area contributed by atoms with Gasteiger partial charge in [0.2, 0.25) is 5.91 Å². The number of thiol groups is 1. The average Bonchev–Trinajstić information content (AvgIpc) is 2.39. The SMILES string of the molecule is COc1cccc(C=NC2CCC(=O)NC2=O)c1S. The molecule has 1 aliphatic rings. The number of hydrogen-bond acceptors (Lipinski definition) is 5. The van der Waals surface area contributed by atoms with Crippen LogP contribution in [0.25, 0.3) is 0 Å². The Morgan fingerprint density at radius 3 is 2.95 bits per heavy atom. The van der Waals surface area contributed by atoms with Gasteiger partial charge in [0.15, 0.2) is 0 Å². The number of aliphatic imine (C=N–C) groups is 1. The lowest BCUT2D eigenvalue weighted by Gasteiger charge is -2.17. The maximum Gasteiger partial charge on any atom is 0.251 e. The second-order valence-electron chi connectivity index (χ2n) is 4.14. The van der Waals surface area contributed by atoms with E-state index in [1.54, 1.807) is 19.4 Å². The molecule has 2 amide bonds. The molecule has 0 saturated carbocycles. The molecule has 1 fully saturated rings. The summed E-state index contributed by atoms with van der Waals surface area (Å²) in [5, 5.41) is 2.27. The number of imide groups is 1. The standard InChI is InChI=1S/C13H14N2O3S/c1-18-10-4-2-3-8(12(10)19)7-14-9-5-6-11(16)15-13(9)17/h2-4,7,9,19H,5-6H2,1H3,(H,15,16,17). The first kappa shape index (κ1) is 13.6. The topological polar surface area (TPSA) is 67.8 Å². The van der Waals surface area contributed by atoms with Gasteiger partial charge in [-0.05, 0) is 12.5 Å². The summed E-state index contributed by atoms with van der Waals surface area (Å²) in [6, 6.07) is 4.94. The largest absolute Gasteiger partial charge is 0.496 e. The van der Waals surface area contributed by atoms with E-state index in [0.29, 0.717) is 23.5 Å². The highest BCUT2D eigenvalue weighted by molar-refractivity contribution is 7.80. The molecular formula is C13H14N2O3S. The van der Waals surface area contributed by atoms with Crippen molar-refractivity contribution in [1.29, 1.82) is 0 Å². The van der Waals surface area contributed by atoms with Crippen molar-refractivity contribution >= 4 is 30.7 Å². The van der Waals surface area contributed by atoms with Crippen molar-refractivity contribution in [2.75, 3.05) is 7.11 Å². The molecule has 0 radical (unpaired) electrons. The van der Waals surface area contributed by atoms with Crippen LogP contribution >= 0.6 is 12.6 Å². The van der Waals surface area contributed by atoms with Crippen molar-refractivity contribution in [1.82, 2.24) is 5.32 Å². The maximum absolute atomic E-state index is 11.5. The maximum atomic E-state index is 11.5. The smallest absolute Gasteiger partial charge is 0.251 e. The zero-order valence-electron chi connectivity index (χ0n) is 10.4. The average molecular weight is 278 g/mol. The van der Waals surface area contributed by atoms with Crippen molar-refractivity contribution < 1.29 is 14.3 Å². The van der Waals surface area contributed by atoms with Crippen molar-refractivity contribution in [2.45, 2.75) is 23.8 Å². The van der Waals surface area contributed by atoms with Crippen LogP contribution in [0.5, 0.6) is 5.75 Å². The van der Waals surface area contributed by atoms with E-state index >= 15 is 0 Å². The van der Waals surface area contributed by atoms with Gasteiger partial charge in [0.25, 0.3) is 5.91 Å². The number of nitrogens with one attached hydrogen (secondary N) is 1. The number of carbonyl (C=O) groups excluding carboxylic acids is 2. The van der Waals surface area contributed by atoms with Crippen LogP contribution in [0.4, 0.5) is 0 Å². The number of rotatable bonds is 3. The first-order valence-electron chi connectivity index (χ1n) is 5.84. The predicted molar refractivity (Wildman–Crippen MR) is 74.0 cm³/mol. The third kappa shape index (κ3) is 3.14. The first-order chi connectivity index (χ1) is 9.11. The van der Waals surface area contributed by atoms with Crippen LogP contribution < -0.4 is 10.1 Å². The number of nitrogens with zero attached hydrogens (tertiary/aromatic N) is 1. The molecule has 1 aromatic carbocycles. The van der Waals surface area contributed by atoms with Gasteiger partial charge in [-0.25, -0.2) is 0 Å². The Kier molecular flexibility index (Phi) is 4.21. The summed E-state index contributed by atoms with van der Waals surface area (Å²) in [4.78, 5) is 27.4. The molecule has 1 N–H and O–H groups in total. The molecule has 2 rings (SSSR count). The molecule has 6 heteroatoms. The Bertz CT molecular complexity index is 543. The fourth-order valence-corrected chi connectivity index (χ4v) is 2.10. The van der Waals surface area contributed by atoms with Crippen LogP contribution in [0.1, 0.15) is 18.4 Å². The molecule has 1 aromatic rings. The van der Waals surface area contributed by atoms with E-state index in [-0.39, 0.29) is 11.8 Å². The number of piperidine rings is 1. The second kappa shape index (κ2) is 5.88. The molecule has 5 nitrogen and oxygen atoms in total. The lowest BCUT2D eigenvalue weighted by atomic mass is 10.1. The quantitative estimate of drug-likeness (QED) is 0.496. The Morgan fingerprint density at radius 1 is 1.47 bits per heavy atom. The summed E-state index contributed by atoms with van der Waals surface area (Å²) in [5.41, 5.74) is 0.771. The number of ether oxygens (including phenoxy) is 1. The number of carbonyl (C=O) groups is 2. The zero-order chi connectivity index (χ0) is 13.8. The van der Waals surface area contributed by atoms with Gasteiger partial charge < -0.3 is 4.74 Å². The van der Waals surface area contributed by atoms with Gasteiger partial charge in [0, 0.05) is 18.2 Å². The molecule has 1 saturated heterocycles. The van der Waals surface area contributed by atoms with Gasteiger partial charge in [-0.2, -0.15) is 0 Å². The lowest BCUT2D eigenvalue weighted by molar-refractivity contribution is -0.133. The van der Waals surface area contributed by atoms with E-state index in [2.05, 4.69) is 22.9 Å². The minimum absolute atomic E-state index is 0.243. The van der Waals surface area contributed by atoms with Gasteiger partial charge in [-0.3, -0.25) is 19.9 Å². The number of methoxy groups -OCH3 is 1. The Labute approximate surface area is 116 Å². The Balaban J connectivity index is 2.15. The summed E-state index contributed by atoms with van der Waals surface area (Å²) in [5.74, 6) is 0.0550. The molecule has 19 heavy (non-hydrogen) atoms. The summed E-state index contributed by atoms with van der Waals surface area (Å²) < 4.78 is 5.15. The van der Waals surface area contributed by atoms with Crippen molar-refractivity contribution in [3.63, 3.8) is 0 Å². The second-order valence-corrected chi connectivity index (χ2v) is 4.59. The summed E-state index contributed by atoms with van der Waals surface area (Å²) >= 11 is 4.36. The molecule has 1 aliphatic heterocycles. The van der Waals surface area contributed by atoms with Crippen LogP contribution in [0.2, 0.25) is 0 Å².